The minimum atomic E-state index is 0.887. The van der Waals surface area contributed by atoms with Crippen molar-refractivity contribution in [2.45, 2.75) is 6.92 Å². The van der Waals surface area contributed by atoms with E-state index in [9.17, 15) is 0 Å². The maximum absolute atomic E-state index is 5.33. The zero-order valence-corrected chi connectivity index (χ0v) is 6.78. The molecule has 2 aromatic rings. The summed E-state index contributed by atoms with van der Waals surface area (Å²) in [5.41, 5.74) is 5.60. The van der Waals surface area contributed by atoms with E-state index in [1.54, 1.807) is 6.20 Å². The minimum Gasteiger partial charge on any atom is -0.322 e. The maximum Gasteiger partial charge on any atom is 0.0909 e. The van der Waals surface area contributed by atoms with E-state index < -0.39 is 0 Å². The van der Waals surface area contributed by atoms with Crippen LogP contribution in [0, 0.1) is 6.92 Å². The number of nitrogen functional groups attached to an aromatic ring is 1. The van der Waals surface area contributed by atoms with E-state index in [0.29, 0.717) is 0 Å². The molecule has 0 aliphatic carbocycles. The fourth-order valence-corrected chi connectivity index (χ4v) is 1.27. The van der Waals surface area contributed by atoms with Gasteiger partial charge in [0.25, 0.3) is 0 Å². The van der Waals surface area contributed by atoms with Gasteiger partial charge in [0.2, 0.25) is 0 Å². The first-order valence-corrected chi connectivity index (χ1v) is 3.73. The molecule has 0 amide bonds. The monoisotopic (exact) mass is 162 g/mol. The molecule has 0 saturated heterocycles. The third-order valence-corrected chi connectivity index (χ3v) is 1.90. The number of aryl methyl sites for hydroxylation is 1. The van der Waals surface area contributed by atoms with Crippen molar-refractivity contribution in [2.24, 2.45) is 5.84 Å². The third kappa shape index (κ3) is 0.853. The molecular weight excluding hydrogens is 152 g/mol. The molecular formula is C8H10N4. The van der Waals surface area contributed by atoms with Crippen molar-refractivity contribution in [3.8, 4) is 0 Å². The predicted molar refractivity (Wildman–Crippen MR) is 47.7 cm³/mol. The highest BCUT2D eigenvalue weighted by Gasteiger charge is 2.01. The molecule has 0 aliphatic heterocycles. The second-order valence-corrected chi connectivity index (χ2v) is 2.66. The van der Waals surface area contributed by atoms with Gasteiger partial charge in [-0.05, 0) is 25.1 Å². The summed E-state index contributed by atoms with van der Waals surface area (Å²) in [4.78, 5) is 0. The fraction of sp³-hybridized carbons (Fsp3) is 0.125. The molecule has 0 bridgehead atoms. The van der Waals surface area contributed by atoms with Crippen LogP contribution in [0.1, 0.15) is 5.69 Å². The highest BCUT2D eigenvalue weighted by atomic mass is 15.3. The molecule has 0 radical (unpaired) electrons. The average molecular weight is 162 g/mol. The Morgan fingerprint density at radius 1 is 1.42 bits per heavy atom. The van der Waals surface area contributed by atoms with Gasteiger partial charge in [0.05, 0.1) is 17.4 Å². The summed E-state index contributed by atoms with van der Waals surface area (Å²) in [7, 11) is 0. The second-order valence-electron chi connectivity index (χ2n) is 2.66. The number of nitrogens with one attached hydrogen (secondary N) is 1. The van der Waals surface area contributed by atoms with Crippen LogP contribution >= 0.6 is 0 Å². The van der Waals surface area contributed by atoms with Crippen molar-refractivity contribution in [3.63, 3.8) is 0 Å². The summed E-state index contributed by atoms with van der Waals surface area (Å²) in [6.07, 6.45) is 1.75. The number of hydrazine groups is 1. The van der Waals surface area contributed by atoms with Crippen molar-refractivity contribution in [3.05, 3.63) is 30.1 Å². The van der Waals surface area contributed by atoms with E-state index in [2.05, 4.69) is 10.5 Å². The molecule has 2 rings (SSSR count). The molecule has 3 N–H and O–H groups in total. The zero-order valence-electron chi connectivity index (χ0n) is 6.78. The van der Waals surface area contributed by atoms with Gasteiger partial charge in [-0.2, -0.15) is 5.10 Å². The minimum absolute atomic E-state index is 0.887. The number of fused-ring (bicyclic) bond motifs is 1. The van der Waals surface area contributed by atoms with Crippen LogP contribution in [0.2, 0.25) is 0 Å². The normalized spacial score (nSPS) is 10.5. The van der Waals surface area contributed by atoms with Gasteiger partial charge in [-0.15, -0.1) is 0 Å². The Kier molecular flexibility index (Phi) is 1.48. The van der Waals surface area contributed by atoms with Gasteiger partial charge in [0, 0.05) is 5.69 Å². The van der Waals surface area contributed by atoms with Crippen LogP contribution < -0.4 is 11.3 Å². The van der Waals surface area contributed by atoms with Gasteiger partial charge >= 0.3 is 0 Å². The number of nitrogens with two attached hydrogens (primary N) is 1. The third-order valence-electron chi connectivity index (χ3n) is 1.90. The molecule has 0 aromatic carbocycles. The Labute approximate surface area is 70.0 Å². The number of hydrogen-bond donors (Lipinski definition) is 2. The lowest BCUT2D eigenvalue weighted by Crippen LogP contribution is -2.08. The Morgan fingerprint density at radius 2 is 2.25 bits per heavy atom. The number of rotatable bonds is 1. The molecule has 0 unspecified atom stereocenters. The highest BCUT2D eigenvalue weighted by Crippen LogP contribution is 2.16. The summed E-state index contributed by atoms with van der Waals surface area (Å²) in [5.74, 6) is 5.33. The maximum atomic E-state index is 5.33. The van der Waals surface area contributed by atoms with Gasteiger partial charge in [-0.3, -0.25) is 5.84 Å². The molecule has 2 heterocycles. The van der Waals surface area contributed by atoms with E-state index in [4.69, 9.17) is 5.84 Å². The molecule has 0 aliphatic rings. The molecule has 12 heavy (non-hydrogen) atoms. The van der Waals surface area contributed by atoms with Crippen LogP contribution in [-0.2, 0) is 0 Å². The first-order chi connectivity index (χ1) is 5.83. The Hall–Kier alpha value is -1.55. The van der Waals surface area contributed by atoms with Crippen molar-refractivity contribution >= 4 is 11.2 Å². The van der Waals surface area contributed by atoms with Crippen LogP contribution in [-0.4, -0.2) is 9.61 Å². The van der Waals surface area contributed by atoms with E-state index in [1.165, 1.54) is 0 Å². The lowest BCUT2D eigenvalue weighted by atomic mass is 10.3. The van der Waals surface area contributed by atoms with Crippen LogP contribution in [0.3, 0.4) is 0 Å². The van der Waals surface area contributed by atoms with Crippen LogP contribution in [0.4, 0.5) is 5.69 Å². The molecule has 0 fully saturated rings. The molecule has 4 nitrogen and oxygen atoms in total. The predicted octanol–water partition coefficient (Wildman–Crippen LogP) is 0.928. The van der Waals surface area contributed by atoms with Gasteiger partial charge in [0.1, 0.15) is 0 Å². The van der Waals surface area contributed by atoms with Crippen molar-refractivity contribution < 1.29 is 0 Å². The van der Waals surface area contributed by atoms with Gasteiger partial charge < -0.3 is 5.43 Å². The SMILES string of the molecule is Cc1ccc(NN)c2ccnn12. The molecule has 4 heteroatoms. The topological polar surface area (TPSA) is 55.3 Å². The summed E-state index contributed by atoms with van der Waals surface area (Å²) >= 11 is 0. The number of pyridine rings is 1. The second kappa shape index (κ2) is 2.49. The summed E-state index contributed by atoms with van der Waals surface area (Å²) in [6.45, 7) is 2.00. The van der Waals surface area contributed by atoms with Crippen molar-refractivity contribution in [2.75, 3.05) is 5.43 Å². The first kappa shape index (κ1) is 7.12. The number of hydrogen-bond acceptors (Lipinski definition) is 3. The van der Waals surface area contributed by atoms with Crippen LogP contribution in [0.15, 0.2) is 24.4 Å². The zero-order chi connectivity index (χ0) is 8.55. The van der Waals surface area contributed by atoms with Crippen molar-refractivity contribution in [1.82, 2.24) is 9.61 Å². The molecule has 2 aromatic heterocycles. The number of aromatic nitrogens is 2. The summed E-state index contributed by atoms with van der Waals surface area (Å²) in [6, 6.07) is 5.82. The summed E-state index contributed by atoms with van der Waals surface area (Å²) in [5, 5.41) is 4.15. The Balaban J connectivity index is 2.82. The highest BCUT2D eigenvalue weighted by molar-refractivity contribution is 5.71. The lowest BCUT2D eigenvalue weighted by molar-refractivity contribution is 0.914. The van der Waals surface area contributed by atoms with Crippen molar-refractivity contribution in [1.29, 1.82) is 0 Å². The number of anilines is 1. The van der Waals surface area contributed by atoms with E-state index in [-0.39, 0.29) is 0 Å². The molecule has 0 spiro atoms. The lowest BCUT2D eigenvalue weighted by Gasteiger charge is -2.04. The van der Waals surface area contributed by atoms with E-state index in [0.717, 1.165) is 16.9 Å². The Bertz CT molecular complexity index is 404. The largest absolute Gasteiger partial charge is 0.322 e. The smallest absolute Gasteiger partial charge is 0.0909 e. The van der Waals surface area contributed by atoms with Gasteiger partial charge in [-0.1, -0.05) is 0 Å². The Morgan fingerprint density at radius 3 is 3.00 bits per heavy atom. The fourth-order valence-electron chi connectivity index (χ4n) is 1.27. The molecule has 0 atom stereocenters. The average Bonchev–Trinajstić information content (AvgIpc) is 2.54. The number of nitrogens with zero attached hydrogens (tertiary/aromatic N) is 2. The molecule has 0 saturated carbocycles. The standard InChI is InChI=1S/C8H10N4/c1-6-2-3-7(11-9)8-4-5-10-12(6)8/h2-5,11H,9H2,1H3. The van der Waals surface area contributed by atoms with Crippen LogP contribution in [0.5, 0.6) is 0 Å². The van der Waals surface area contributed by atoms with Crippen LogP contribution in [0.25, 0.3) is 5.52 Å². The van der Waals surface area contributed by atoms with E-state index in [1.807, 2.05) is 29.6 Å². The summed E-state index contributed by atoms with van der Waals surface area (Å²) < 4.78 is 1.84. The molecule has 62 valence electrons. The van der Waals surface area contributed by atoms with E-state index >= 15 is 0 Å². The van der Waals surface area contributed by atoms with Gasteiger partial charge in [0.15, 0.2) is 0 Å². The first-order valence-electron chi connectivity index (χ1n) is 3.73. The quantitative estimate of drug-likeness (QED) is 0.484. The van der Waals surface area contributed by atoms with Gasteiger partial charge in [-0.25, -0.2) is 4.52 Å².